The summed E-state index contributed by atoms with van der Waals surface area (Å²) in [6.45, 7) is -2.99. The summed E-state index contributed by atoms with van der Waals surface area (Å²) in [4.78, 5) is 12.0. The fourth-order valence-corrected chi connectivity index (χ4v) is 2.52. The van der Waals surface area contributed by atoms with Gasteiger partial charge in [0.15, 0.2) is 9.84 Å². The van der Waals surface area contributed by atoms with Crippen molar-refractivity contribution in [3.63, 3.8) is 0 Å². The number of sulfone groups is 1. The molecule has 5 nitrogen and oxygen atoms in total. The molecule has 0 N–H and O–H groups in total. The average Bonchev–Trinajstić information content (AvgIpc) is 2.53. The molecular weight excluding hydrogens is 342 g/mol. The molecule has 2 rings (SSSR count). The molecule has 0 aromatic heterocycles. The van der Waals surface area contributed by atoms with E-state index in [2.05, 4.69) is 4.74 Å². The molecular formula is C16H14F2O5S. The molecule has 2 aromatic carbocycles. The zero-order chi connectivity index (χ0) is 17.7. The van der Waals surface area contributed by atoms with Gasteiger partial charge >= 0.3 is 12.6 Å². The van der Waals surface area contributed by atoms with Crippen LogP contribution in [0.3, 0.4) is 0 Å². The van der Waals surface area contributed by atoms with E-state index in [0.29, 0.717) is 5.56 Å². The van der Waals surface area contributed by atoms with Gasteiger partial charge in [0, 0.05) is 6.26 Å². The lowest BCUT2D eigenvalue weighted by atomic mass is 10.2. The third kappa shape index (κ3) is 5.02. The van der Waals surface area contributed by atoms with Gasteiger partial charge in [0.1, 0.15) is 12.4 Å². The Kier molecular flexibility index (Phi) is 5.50. The van der Waals surface area contributed by atoms with Gasteiger partial charge in [0.05, 0.1) is 10.5 Å². The van der Waals surface area contributed by atoms with Crippen LogP contribution in [0.2, 0.25) is 0 Å². The Morgan fingerprint density at radius 2 is 1.79 bits per heavy atom. The summed E-state index contributed by atoms with van der Waals surface area (Å²) in [7, 11) is -3.42. The van der Waals surface area contributed by atoms with E-state index in [0.717, 1.165) is 6.26 Å². The highest BCUT2D eigenvalue weighted by atomic mass is 32.2. The second kappa shape index (κ2) is 7.39. The number of rotatable bonds is 6. The number of halogens is 2. The monoisotopic (exact) mass is 356 g/mol. The lowest BCUT2D eigenvalue weighted by Crippen LogP contribution is -2.07. The summed E-state index contributed by atoms with van der Waals surface area (Å²) in [5.74, 6) is -0.686. The first kappa shape index (κ1) is 17.9. The van der Waals surface area contributed by atoms with Crippen LogP contribution in [-0.2, 0) is 21.2 Å². The van der Waals surface area contributed by atoms with Gasteiger partial charge in [-0.1, -0.05) is 18.2 Å². The summed E-state index contributed by atoms with van der Waals surface area (Å²) < 4.78 is 56.3. The van der Waals surface area contributed by atoms with Crippen LogP contribution in [0.1, 0.15) is 15.9 Å². The first-order chi connectivity index (χ1) is 11.3. The number of ether oxygens (including phenoxy) is 2. The minimum Gasteiger partial charge on any atom is -0.457 e. The second-order valence-electron chi connectivity index (χ2n) is 4.90. The van der Waals surface area contributed by atoms with Crippen LogP contribution in [0.4, 0.5) is 8.78 Å². The number of esters is 1. The van der Waals surface area contributed by atoms with Crippen molar-refractivity contribution in [2.75, 3.05) is 6.26 Å². The molecule has 0 heterocycles. The number of carbonyl (C=O) groups is 1. The van der Waals surface area contributed by atoms with Crippen molar-refractivity contribution in [1.82, 2.24) is 0 Å². The van der Waals surface area contributed by atoms with Gasteiger partial charge in [-0.25, -0.2) is 13.2 Å². The highest BCUT2D eigenvalue weighted by molar-refractivity contribution is 7.90. The fourth-order valence-electron chi connectivity index (χ4n) is 1.85. The third-order valence-electron chi connectivity index (χ3n) is 3.02. The topological polar surface area (TPSA) is 69.7 Å². The molecule has 2 aromatic rings. The van der Waals surface area contributed by atoms with Crippen molar-refractivity contribution in [1.29, 1.82) is 0 Å². The molecule has 0 saturated heterocycles. The number of hydrogen-bond acceptors (Lipinski definition) is 5. The molecule has 0 aliphatic carbocycles. The van der Waals surface area contributed by atoms with Gasteiger partial charge in [-0.3, -0.25) is 0 Å². The lowest BCUT2D eigenvalue weighted by molar-refractivity contribution is -0.0498. The van der Waals surface area contributed by atoms with E-state index in [1.165, 1.54) is 48.5 Å². The first-order valence-corrected chi connectivity index (χ1v) is 8.66. The molecule has 0 fully saturated rings. The molecule has 0 unspecified atom stereocenters. The first-order valence-electron chi connectivity index (χ1n) is 6.77. The van der Waals surface area contributed by atoms with Crippen LogP contribution >= 0.6 is 0 Å². The Labute approximate surface area is 137 Å². The Morgan fingerprint density at radius 3 is 2.38 bits per heavy atom. The number of carbonyl (C=O) groups excluding carboxylic acids is 1. The maximum atomic E-state index is 12.0. The number of benzene rings is 2. The molecule has 0 amide bonds. The zero-order valence-corrected chi connectivity index (χ0v) is 13.4. The van der Waals surface area contributed by atoms with Crippen molar-refractivity contribution >= 4 is 15.8 Å². The Bertz CT molecular complexity index is 817. The van der Waals surface area contributed by atoms with Crippen molar-refractivity contribution < 1.29 is 31.5 Å². The van der Waals surface area contributed by atoms with E-state index in [4.69, 9.17) is 4.74 Å². The van der Waals surface area contributed by atoms with Crippen molar-refractivity contribution in [2.24, 2.45) is 0 Å². The minimum atomic E-state index is -3.42. The van der Waals surface area contributed by atoms with Crippen LogP contribution in [0.25, 0.3) is 0 Å². The second-order valence-corrected chi connectivity index (χ2v) is 6.91. The zero-order valence-electron chi connectivity index (χ0n) is 12.6. The molecule has 24 heavy (non-hydrogen) atoms. The van der Waals surface area contributed by atoms with Crippen LogP contribution < -0.4 is 4.74 Å². The van der Waals surface area contributed by atoms with Gasteiger partial charge in [0.25, 0.3) is 0 Å². The van der Waals surface area contributed by atoms with E-state index >= 15 is 0 Å². The standard InChI is InChI=1S/C16H14F2O5S/c1-24(20,21)14-4-2-3-12(9-14)15(19)22-10-11-5-7-13(8-6-11)23-16(17)18/h2-9,16H,10H2,1H3. The summed E-state index contributed by atoms with van der Waals surface area (Å²) in [5.41, 5.74) is 0.680. The van der Waals surface area contributed by atoms with Crippen molar-refractivity contribution in [2.45, 2.75) is 18.1 Å². The molecule has 8 heteroatoms. The molecule has 0 radical (unpaired) electrons. The lowest BCUT2D eigenvalue weighted by Gasteiger charge is -2.08. The molecule has 0 saturated carbocycles. The Hall–Kier alpha value is -2.48. The van der Waals surface area contributed by atoms with E-state index in [1.807, 2.05) is 0 Å². The van der Waals surface area contributed by atoms with E-state index in [9.17, 15) is 22.0 Å². The predicted octanol–water partition coefficient (Wildman–Crippen LogP) is 3.05. The molecule has 128 valence electrons. The van der Waals surface area contributed by atoms with Gasteiger partial charge < -0.3 is 9.47 Å². The van der Waals surface area contributed by atoms with Gasteiger partial charge in [-0.2, -0.15) is 8.78 Å². The maximum absolute atomic E-state index is 12.0. The van der Waals surface area contributed by atoms with E-state index in [1.54, 1.807) is 0 Å². The fraction of sp³-hybridized carbons (Fsp3) is 0.188. The van der Waals surface area contributed by atoms with E-state index < -0.39 is 22.4 Å². The minimum absolute atomic E-state index is 0.000861. The third-order valence-corrected chi connectivity index (χ3v) is 4.13. The predicted molar refractivity (Wildman–Crippen MR) is 81.7 cm³/mol. The average molecular weight is 356 g/mol. The van der Waals surface area contributed by atoms with Crippen LogP contribution in [0, 0.1) is 0 Å². The summed E-state index contributed by atoms with van der Waals surface area (Å²) in [6, 6.07) is 11.1. The highest BCUT2D eigenvalue weighted by Gasteiger charge is 2.13. The SMILES string of the molecule is CS(=O)(=O)c1cccc(C(=O)OCc2ccc(OC(F)F)cc2)c1. The van der Waals surface area contributed by atoms with Gasteiger partial charge in [0.2, 0.25) is 0 Å². The van der Waals surface area contributed by atoms with Gasteiger partial charge in [-0.15, -0.1) is 0 Å². The molecule has 0 aliphatic rings. The summed E-state index contributed by atoms with van der Waals surface area (Å²) in [6.07, 6.45) is 1.04. The van der Waals surface area contributed by atoms with Crippen molar-refractivity contribution in [3.05, 3.63) is 59.7 Å². The summed E-state index contributed by atoms with van der Waals surface area (Å²) >= 11 is 0. The molecule has 0 atom stereocenters. The Morgan fingerprint density at radius 1 is 1.12 bits per heavy atom. The molecule has 0 spiro atoms. The van der Waals surface area contributed by atoms with Crippen LogP contribution in [0.15, 0.2) is 53.4 Å². The quantitative estimate of drug-likeness (QED) is 0.744. The smallest absolute Gasteiger partial charge is 0.387 e. The largest absolute Gasteiger partial charge is 0.457 e. The van der Waals surface area contributed by atoms with E-state index in [-0.39, 0.29) is 22.8 Å². The molecule has 0 aliphatic heterocycles. The highest BCUT2D eigenvalue weighted by Crippen LogP contribution is 2.16. The van der Waals surface area contributed by atoms with Crippen LogP contribution in [0.5, 0.6) is 5.75 Å². The number of alkyl halides is 2. The number of hydrogen-bond donors (Lipinski definition) is 0. The Balaban J connectivity index is 2.00. The van der Waals surface area contributed by atoms with Crippen LogP contribution in [-0.4, -0.2) is 27.3 Å². The van der Waals surface area contributed by atoms with Crippen molar-refractivity contribution in [3.8, 4) is 5.75 Å². The normalized spacial score (nSPS) is 11.3. The summed E-state index contributed by atoms with van der Waals surface area (Å²) in [5, 5.41) is 0. The maximum Gasteiger partial charge on any atom is 0.387 e. The van der Waals surface area contributed by atoms with Gasteiger partial charge in [-0.05, 0) is 35.9 Å². The molecule has 0 bridgehead atoms.